The van der Waals surface area contributed by atoms with E-state index in [0.717, 1.165) is 5.76 Å². The summed E-state index contributed by atoms with van der Waals surface area (Å²) in [4.78, 5) is 11.8. The third-order valence-corrected chi connectivity index (χ3v) is 3.46. The molecule has 6 heteroatoms. The lowest BCUT2D eigenvalue weighted by molar-refractivity contribution is -0.111. The number of benzene rings is 1. The van der Waals surface area contributed by atoms with Crippen molar-refractivity contribution in [1.82, 2.24) is 0 Å². The van der Waals surface area contributed by atoms with Crippen molar-refractivity contribution >= 4 is 52.5 Å². The van der Waals surface area contributed by atoms with Crippen molar-refractivity contribution in [2.45, 2.75) is 6.92 Å². The van der Waals surface area contributed by atoms with Crippen LogP contribution < -0.4 is 5.32 Å². The van der Waals surface area contributed by atoms with Gasteiger partial charge in [-0.25, -0.2) is 0 Å². The van der Waals surface area contributed by atoms with Crippen molar-refractivity contribution in [3.63, 3.8) is 0 Å². The second-order valence-electron chi connectivity index (χ2n) is 4.02. The minimum Gasteiger partial charge on any atom is -0.462 e. The molecule has 0 bridgehead atoms. The molecule has 0 spiro atoms. The van der Waals surface area contributed by atoms with Crippen LogP contribution in [0.5, 0.6) is 0 Å². The standard InChI is InChI=1S/C14H10Cl3NO2/c1-8-2-3-9(20-8)4-5-14(19)18-13-7-11(16)10(15)6-12(13)17/h2-7H,1H3,(H,18,19). The van der Waals surface area contributed by atoms with Crippen molar-refractivity contribution in [3.8, 4) is 0 Å². The number of halogens is 3. The minimum absolute atomic E-state index is 0.315. The van der Waals surface area contributed by atoms with Crippen LogP contribution >= 0.6 is 34.8 Å². The van der Waals surface area contributed by atoms with Gasteiger partial charge >= 0.3 is 0 Å². The highest BCUT2D eigenvalue weighted by Crippen LogP contribution is 2.32. The van der Waals surface area contributed by atoms with Gasteiger partial charge in [0.1, 0.15) is 11.5 Å². The van der Waals surface area contributed by atoms with Crippen LogP contribution in [0.2, 0.25) is 15.1 Å². The Balaban J connectivity index is 2.08. The van der Waals surface area contributed by atoms with Crippen LogP contribution in [0.1, 0.15) is 11.5 Å². The molecule has 1 amide bonds. The zero-order valence-corrected chi connectivity index (χ0v) is 12.7. The highest BCUT2D eigenvalue weighted by atomic mass is 35.5. The molecule has 2 rings (SSSR count). The largest absolute Gasteiger partial charge is 0.462 e. The van der Waals surface area contributed by atoms with Gasteiger partial charge in [0.15, 0.2) is 0 Å². The maximum Gasteiger partial charge on any atom is 0.248 e. The maximum absolute atomic E-state index is 11.8. The van der Waals surface area contributed by atoms with E-state index in [1.165, 1.54) is 18.2 Å². The van der Waals surface area contributed by atoms with Crippen LogP contribution in [0.3, 0.4) is 0 Å². The van der Waals surface area contributed by atoms with Crippen LogP contribution in [0.25, 0.3) is 6.08 Å². The van der Waals surface area contributed by atoms with Gasteiger partial charge in [0, 0.05) is 6.08 Å². The molecule has 0 saturated carbocycles. The second kappa shape index (κ2) is 6.35. The molecule has 0 aliphatic rings. The summed E-state index contributed by atoms with van der Waals surface area (Å²) in [5.74, 6) is 1.02. The quantitative estimate of drug-likeness (QED) is 0.621. The van der Waals surface area contributed by atoms with Crippen LogP contribution in [-0.2, 0) is 4.79 Å². The Kier molecular flexibility index (Phi) is 4.76. The third kappa shape index (κ3) is 3.79. The van der Waals surface area contributed by atoms with E-state index in [-0.39, 0.29) is 5.91 Å². The van der Waals surface area contributed by atoms with Crippen molar-refractivity contribution < 1.29 is 9.21 Å². The number of furan rings is 1. The number of carbonyl (C=O) groups excluding carboxylic acids is 1. The van der Waals surface area contributed by atoms with Gasteiger partial charge in [-0.15, -0.1) is 0 Å². The van der Waals surface area contributed by atoms with Gasteiger partial charge in [0.2, 0.25) is 5.91 Å². The molecule has 0 atom stereocenters. The van der Waals surface area contributed by atoms with Crippen LogP contribution in [0.4, 0.5) is 5.69 Å². The molecule has 1 N–H and O–H groups in total. The number of hydrogen-bond donors (Lipinski definition) is 1. The van der Waals surface area contributed by atoms with E-state index >= 15 is 0 Å². The smallest absolute Gasteiger partial charge is 0.248 e. The molecular formula is C14H10Cl3NO2. The molecule has 0 unspecified atom stereocenters. The maximum atomic E-state index is 11.8. The molecule has 20 heavy (non-hydrogen) atoms. The molecule has 0 radical (unpaired) electrons. The summed E-state index contributed by atoms with van der Waals surface area (Å²) < 4.78 is 5.31. The summed E-state index contributed by atoms with van der Waals surface area (Å²) in [7, 11) is 0. The summed E-state index contributed by atoms with van der Waals surface area (Å²) in [5.41, 5.74) is 0.395. The van der Waals surface area contributed by atoms with E-state index in [4.69, 9.17) is 39.2 Å². The van der Waals surface area contributed by atoms with Gasteiger partial charge < -0.3 is 9.73 Å². The number of nitrogens with one attached hydrogen (secondary N) is 1. The Morgan fingerprint density at radius 3 is 2.50 bits per heavy atom. The molecule has 1 aromatic heterocycles. The van der Waals surface area contributed by atoms with Crippen LogP contribution in [0.15, 0.2) is 34.8 Å². The Hall–Kier alpha value is -1.42. The average molecular weight is 331 g/mol. The van der Waals surface area contributed by atoms with Gasteiger partial charge in [0.25, 0.3) is 0 Å². The molecule has 1 aromatic carbocycles. The Morgan fingerprint density at radius 1 is 1.15 bits per heavy atom. The van der Waals surface area contributed by atoms with Crippen molar-refractivity contribution in [3.05, 3.63) is 56.9 Å². The predicted molar refractivity (Wildman–Crippen MR) is 82.6 cm³/mol. The van der Waals surface area contributed by atoms with E-state index in [2.05, 4.69) is 5.32 Å². The number of carbonyl (C=O) groups is 1. The van der Waals surface area contributed by atoms with E-state index in [0.29, 0.717) is 26.5 Å². The zero-order chi connectivity index (χ0) is 14.7. The summed E-state index contributed by atoms with van der Waals surface area (Å²) >= 11 is 17.6. The first kappa shape index (κ1) is 15.0. The topological polar surface area (TPSA) is 42.2 Å². The highest BCUT2D eigenvalue weighted by Gasteiger charge is 2.07. The lowest BCUT2D eigenvalue weighted by Crippen LogP contribution is -2.08. The number of hydrogen-bond acceptors (Lipinski definition) is 2. The summed E-state index contributed by atoms with van der Waals surface area (Å²) in [5, 5.41) is 3.57. The lowest BCUT2D eigenvalue weighted by atomic mass is 10.3. The average Bonchev–Trinajstić information content (AvgIpc) is 2.79. The normalized spacial score (nSPS) is 11.0. The predicted octanol–water partition coefficient (Wildman–Crippen LogP) is 5.20. The number of rotatable bonds is 3. The molecule has 0 aliphatic heterocycles. The summed E-state index contributed by atoms with van der Waals surface area (Å²) in [6.07, 6.45) is 2.91. The van der Waals surface area contributed by atoms with Crippen molar-refractivity contribution in [2.24, 2.45) is 0 Å². The van der Waals surface area contributed by atoms with E-state index in [1.54, 1.807) is 12.1 Å². The molecule has 0 saturated heterocycles. The first-order chi connectivity index (χ1) is 9.45. The van der Waals surface area contributed by atoms with Gasteiger partial charge in [-0.05, 0) is 37.3 Å². The van der Waals surface area contributed by atoms with E-state index < -0.39 is 0 Å². The van der Waals surface area contributed by atoms with Gasteiger partial charge in [-0.3, -0.25) is 4.79 Å². The SMILES string of the molecule is Cc1ccc(C=CC(=O)Nc2cc(Cl)c(Cl)cc2Cl)o1. The third-order valence-electron chi connectivity index (χ3n) is 2.43. The highest BCUT2D eigenvalue weighted by molar-refractivity contribution is 6.44. The second-order valence-corrected chi connectivity index (χ2v) is 5.24. The van der Waals surface area contributed by atoms with Crippen molar-refractivity contribution in [2.75, 3.05) is 5.32 Å². The molecule has 0 fully saturated rings. The van der Waals surface area contributed by atoms with Crippen LogP contribution in [0, 0.1) is 6.92 Å². The lowest BCUT2D eigenvalue weighted by Gasteiger charge is -2.06. The molecule has 104 valence electrons. The molecule has 2 aromatic rings. The van der Waals surface area contributed by atoms with Crippen molar-refractivity contribution in [1.29, 1.82) is 0 Å². The fourth-order valence-electron chi connectivity index (χ4n) is 1.49. The molecular weight excluding hydrogens is 321 g/mol. The fraction of sp³-hybridized carbons (Fsp3) is 0.0714. The Morgan fingerprint density at radius 2 is 1.85 bits per heavy atom. The van der Waals surface area contributed by atoms with E-state index in [9.17, 15) is 4.79 Å². The fourth-order valence-corrected chi connectivity index (χ4v) is 2.09. The molecule has 0 aliphatic carbocycles. The van der Waals surface area contributed by atoms with E-state index in [1.807, 2.05) is 13.0 Å². The monoisotopic (exact) mass is 329 g/mol. The van der Waals surface area contributed by atoms with Gasteiger partial charge in [0.05, 0.1) is 20.8 Å². The Labute approximate surface area is 131 Å². The number of anilines is 1. The number of aryl methyl sites for hydroxylation is 1. The van der Waals surface area contributed by atoms with Gasteiger partial charge in [-0.2, -0.15) is 0 Å². The molecule has 1 heterocycles. The van der Waals surface area contributed by atoms with Crippen LogP contribution in [-0.4, -0.2) is 5.91 Å². The Bertz CT molecular complexity index is 677. The zero-order valence-electron chi connectivity index (χ0n) is 10.4. The van der Waals surface area contributed by atoms with Gasteiger partial charge in [-0.1, -0.05) is 34.8 Å². The number of amides is 1. The first-order valence-electron chi connectivity index (χ1n) is 5.66. The summed E-state index contributed by atoms with van der Waals surface area (Å²) in [6, 6.07) is 6.55. The summed E-state index contributed by atoms with van der Waals surface area (Å²) in [6.45, 7) is 1.83. The minimum atomic E-state index is -0.348. The molecule has 3 nitrogen and oxygen atoms in total. The first-order valence-corrected chi connectivity index (χ1v) is 6.79.